The topological polar surface area (TPSA) is 93.5 Å². The third-order valence-corrected chi connectivity index (χ3v) is 2.26. The first-order chi connectivity index (χ1) is 8.84. The van der Waals surface area contributed by atoms with E-state index < -0.39 is 30.9 Å². The van der Waals surface area contributed by atoms with Gasteiger partial charge >= 0.3 is 0 Å². The average Bonchev–Trinajstić information content (AvgIpc) is 2.33. The summed E-state index contributed by atoms with van der Waals surface area (Å²) in [6, 6.07) is -0.665. The van der Waals surface area contributed by atoms with Crippen LogP contribution >= 0.6 is 0 Å². The fraction of sp³-hybridized carbons (Fsp3) is 0.818. The van der Waals surface area contributed by atoms with E-state index in [1.807, 2.05) is 0 Å². The Labute approximate surface area is 111 Å². The Morgan fingerprint density at radius 3 is 2.42 bits per heavy atom. The summed E-state index contributed by atoms with van der Waals surface area (Å²) in [7, 11) is 0. The number of hydrogen-bond acceptors (Lipinski definition) is 4. The quantitative estimate of drug-likeness (QED) is 0.496. The molecule has 0 aliphatic heterocycles. The molecule has 1 atom stereocenters. The summed E-state index contributed by atoms with van der Waals surface area (Å²) < 4.78 is 28.0. The van der Waals surface area contributed by atoms with Gasteiger partial charge in [0, 0.05) is 6.54 Å². The van der Waals surface area contributed by atoms with Crippen molar-refractivity contribution in [3.05, 3.63) is 0 Å². The summed E-state index contributed by atoms with van der Waals surface area (Å²) in [6.07, 6.45) is -2.52. The number of nitrogens with two attached hydrogens (primary N) is 1. The Bertz CT molecular complexity index is 288. The van der Waals surface area contributed by atoms with E-state index in [1.54, 1.807) is 13.8 Å². The number of nitrogens with one attached hydrogen (secondary N) is 2. The van der Waals surface area contributed by atoms with E-state index >= 15 is 0 Å². The summed E-state index contributed by atoms with van der Waals surface area (Å²) in [5, 5.41) is 4.80. The number of ether oxygens (including phenoxy) is 1. The van der Waals surface area contributed by atoms with Crippen molar-refractivity contribution in [3.63, 3.8) is 0 Å². The SMILES string of the molecule is CC(C)[C@H](N)C(=O)NCC(=O)NCCOCC(F)F. The molecule has 0 unspecified atom stereocenters. The summed E-state index contributed by atoms with van der Waals surface area (Å²) in [6.45, 7) is 2.84. The second kappa shape index (κ2) is 9.62. The van der Waals surface area contributed by atoms with E-state index in [0.717, 1.165) is 0 Å². The minimum atomic E-state index is -2.52. The fourth-order valence-corrected chi connectivity index (χ4v) is 1.09. The summed E-state index contributed by atoms with van der Waals surface area (Å²) in [4.78, 5) is 22.7. The van der Waals surface area contributed by atoms with Gasteiger partial charge in [-0.25, -0.2) is 8.78 Å². The van der Waals surface area contributed by atoms with Crippen LogP contribution < -0.4 is 16.4 Å². The molecule has 0 aromatic rings. The molecule has 0 radical (unpaired) electrons. The lowest BCUT2D eigenvalue weighted by Gasteiger charge is -2.15. The second-order valence-corrected chi connectivity index (χ2v) is 4.30. The zero-order chi connectivity index (χ0) is 14.8. The van der Waals surface area contributed by atoms with Gasteiger partial charge in [0.15, 0.2) is 0 Å². The van der Waals surface area contributed by atoms with Crippen LogP contribution in [0.2, 0.25) is 0 Å². The van der Waals surface area contributed by atoms with Crippen LogP contribution in [-0.4, -0.2) is 50.6 Å². The standard InChI is InChI=1S/C11H21F2N3O3/c1-7(2)10(14)11(18)16-5-9(17)15-3-4-19-6-8(12)13/h7-8,10H,3-6,14H2,1-2H3,(H,15,17)(H,16,18)/t10-/m0/s1. The molecule has 0 saturated heterocycles. The van der Waals surface area contributed by atoms with Crippen molar-refractivity contribution in [2.24, 2.45) is 11.7 Å². The summed E-state index contributed by atoms with van der Waals surface area (Å²) in [5.41, 5.74) is 5.58. The maximum absolute atomic E-state index is 11.7. The van der Waals surface area contributed by atoms with Gasteiger partial charge in [0.05, 0.1) is 19.2 Å². The molecule has 8 heteroatoms. The highest BCUT2D eigenvalue weighted by Gasteiger charge is 2.17. The molecule has 0 fully saturated rings. The number of hydrogen-bond donors (Lipinski definition) is 3. The molecule has 112 valence electrons. The van der Waals surface area contributed by atoms with Gasteiger partial charge in [0.1, 0.15) is 6.61 Å². The molecule has 0 aliphatic rings. The summed E-state index contributed by atoms with van der Waals surface area (Å²) >= 11 is 0. The van der Waals surface area contributed by atoms with Crippen molar-refractivity contribution in [3.8, 4) is 0 Å². The molecule has 0 aromatic heterocycles. The van der Waals surface area contributed by atoms with Gasteiger partial charge < -0.3 is 21.1 Å². The Balaban J connectivity index is 3.62. The van der Waals surface area contributed by atoms with E-state index in [4.69, 9.17) is 5.73 Å². The van der Waals surface area contributed by atoms with Crippen LogP contribution in [0.5, 0.6) is 0 Å². The molecular formula is C11H21F2N3O3. The normalized spacial score (nSPS) is 12.6. The molecule has 0 aliphatic carbocycles. The number of rotatable bonds is 9. The number of alkyl halides is 2. The molecule has 0 saturated carbocycles. The van der Waals surface area contributed by atoms with Crippen LogP contribution in [0.15, 0.2) is 0 Å². The third kappa shape index (κ3) is 9.32. The first kappa shape index (κ1) is 17.7. The highest BCUT2D eigenvalue weighted by atomic mass is 19.3. The third-order valence-electron chi connectivity index (χ3n) is 2.26. The van der Waals surface area contributed by atoms with Crippen LogP contribution in [0.3, 0.4) is 0 Å². The van der Waals surface area contributed by atoms with Crippen molar-refractivity contribution in [2.45, 2.75) is 26.3 Å². The monoisotopic (exact) mass is 281 g/mol. The zero-order valence-electron chi connectivity index (χ0n) is 11.1. The first-order valence-corrected chi connectivity index (χ1v) is 6.00. The second-order valence-electron chi connectivity index (χ2n) is 4.30. The smallest absolute Gasteiger partial charge is 0.261 e. The molecule has 0 rings (SSSR count). The number of halogens is 2. The van der Waals surface area contributed by atoms with Gasteiger partial charge in [-0.3, -0.25) is 9.59 Å². The van der Waals surface area contributed by atoms with Crippen molar-refractivity contribution < 1.29 is 23.1 Å². The van der Waals surface area contributed by atoms with Crippen LogP contribution in [0.4, 0.5) is 8.78 Å². The van der Waals surface area contributed by atoms with Gasteiger partial charge in [0.25, 0.3) is 6.43 Å². The number of carbonyl (C=O) groups is 2. The highest BCUT2D eigenvalue weighted by molar-refractivity contribution is 5.87. The number of carbonyl (C=O) groups excluding carboxylic acids is 2. The van der Waals surface area contributed by atoms with Crippen molar-refractivity contribution >= 4 is 11.8 Å². The Hall–Kier alpha value is -1.28. The molecule has 0 aromatic carbocycles. The van der Waals surface area contributed by atoms with Crippen LogP contribution in [0.1, 0.15) is 13.8 Å². The summed E-state index contributed by atoms with van der Waals surface area (Å²) in [5.74, 6) is -0.852. The first-order valence-electron chi connectivity index (χ1n) is 6.00. The van der Waals surface area contributed by atoms with E-state index in [9.17, 15) is 18.4 Å². The molecule has 2 amide bonds. The van der Waals surface area contributed by atoms with E-state index in [-0.39, 0.29) is 25.6 Å². The van der Waals surface area contributed by atoms with Gasteiger partial charge in [0.2, 0.25) is 11.8 Å². The number of amides is 2. The maximum atomic E-state index is 11.7. The molecule has 0 spiro atoms. The zero-order valence-corrected chi connectivity index (χ0v) is 11.1. The Morgan fingerprint density at radius 2 is 1.89 bits per heavy atom. The molecule has 0 heterocycles. The van der Waals surface area contributed by atoms with Gasteiger partial charge in [-0.15, -0.1) is 0 Å². The van der Waals surface area contributed by atoms with Gasteiger partial charge in [-0.1, -0.05) is 13.8 Å². The minimum Gasteiger partial charge on any atom is -0.374 e. The molecule has 0 bridgehead atoms. The van der Waals surface area contributed by atoms with Crippen molar-refractivity contribution in [1.82, 2.24) is 10.6 Å². The predicted octanol–water partition coefficient (Wildman–Crippen LogP) is -0.516. The molecule has 4 N–H and O–H groups in total. The van der Waals surface area contributed by atoms with Crippen molar-refractivity contribution in [2.75, 3.05) is 26.3 Å². The highest BCUT2D eigenvalue weighted by Crippen LogP contribution is 1.97. The predicted molar refractivity (Wildman–Crippen MR) is 65.7 cm³/mol. The molecule has 6 nitrogen and oxygen atoms in total. The molecular weight excluding hydrogens is 260 g/mol. The van der Waals surface area contributed by atoms with Gasteiger partial charge in [-0.2, -0.15) is 0 Å². The Morgan fingerprint density at radius 1 is 1.26 bits per heavy atom. The van der Waals surface area contributed by atoms with Crippen LogP contribution in [-0.2, 0) is 14.3 Å². The van der Waals surface area contributed by atoms with Crippen LogP contribution in [0.25, 0.3) is 0 Å². The van der Waals surface area contributed by atoms with E-state index in [1.165, 1.54) is 0 Å². The Kier molecular flexibility index (Phi) is 8.98. The maximum Gasteiger partial charge on any atom is 0.261 e. The van der Waals surface area contributed by atoms with Crippen LogP contribution in [0, 0.1) is 5.92 Å². The van der Waals surface area contributed by atoms with E-state index in [0.29, 0.717) is 0 Å². The lowest BCUT2D eigenvalue weighted by Crippen LogP contribution is -2.47. The minimum absolute atomic E-state index is 0.00443. The van der Waals surface area contributed by atoms with E-state index in [2.05, 4.69) is 15.4 Å². The molecule has 19 heavy (non-hydrogen) atoms. The lowest BCUT2D eigenvalue weighted by atomic mass is 10.1. The average molecular weight is 281 g/mol. The fourth-order valence-electron chi connectivity index (χ4n) is 1.09. The van der Waals surface area contributed by atoms with Gasteiger partial charge in [-0.05, 0) is 5.92 Å². The van der Waals surface area contributed by atoms with Crippen molar-refractivity contribution in [1.29, 1.82) is 0 Å². The lowest BCUT2D eigenvalue weighted by molar-refractivity contribution is -0.127. The largest absolute Gasteiger partial charge is 0.374 e.